The van der Waals surface area contributed by atoms with Crippen molar-refractivity contribution in [2.75, 3.05) is 37.4 Å². The molecule has 0 aliphatic carbocycles. The number of piperidine rings is 1. The van der Waals surface area contributed by atoms with Crippen molar-refractivity contribution in [2.24, 2.45) is 0 Å². The van der Waals surface area contributed by atoms with Crippen molar-refractivity contribution in [3.63, 3.8) is 0 Å². The Kier molecular flexibility index (Phi) is 5.84. The molecule has 2 aromatic rings. The van der Waals surface area contributed by atoms with Crippen LogP contribution in [0.1, 0.15) is 24.0 Å². The number of nitrogens with zero attached hydrogens (tertiary/aromatic N) is 4. The van der Waals surface area contributed by atoms with E-state index in [0.29, 0.717) is 24.6 Å². The average Bonchev–Trinajstić information content (AvgIpc) is 2.62. The first-order chi connectivity index (χ1) is 12.8. The Labute approximate surface area is 157 Å². The third kappa shape index (κ3) is 5.09. The molecule has 0 amide bonds. The van der Waals surface area contributed by atoms with Crippen molar-refractivity contribution in [2.45, 2.75) is 31.6 Å². The van der Waals surface area contributed by atoms with Gasteiger partial charge in [-0.3, -0.25) is 4.90 Å². The van der Waals surface area contributed by atoms with Crippen LogP contribution in [0.5, 0.6) is 0 Å². The fourth-order valence-corrected chi connectivity index (χ4v) is 3.35. The second-order valence-electron chi connectivity index (χ2n) is 7.01. The predicted molar refractivity (Wildman–Crippen MR) is 99.7 cm³/mol. The number of hydrogen-bond acceptors (Lipinski definition) is 5. The van der Waals surface area contributed by atoms with Crippen LogP contribution in [0.15, 0.2) is 36.5 Å². The second-order valence-corrected chi connectivity index (χ2v) is 7.01. The Morgan fingerprint density at radius 2 is 2.00 bits per heavy atom. The molecule has 0 bridgehead atoms. The van der Waals surface area contributed by atoms with Gasteiger partial charge in [0.2, 0.25) is 5.95 Å². The largest absolute Gasteiger partial charge is 0.416 e. The van der Waals surface area contributed by atoms with Gasteiger partial charge in [-0.15, -0.1) is 0 Å². The normalized spacial score (nSPS) is 18.3. The lowest BCUT2D eigenvalue weighted by atomic mass is 10.0. The summed E-state index contributed by atoms with van der Waals surface area (Å²) in [5.74, 6) is 1.35. The second kappa shape index (κ2) is 8.12. The Hall–Kier alpha value is -2.35. The van der Waals surface area contributed by atoms with E-state index in [-0.39, 0.29) is 6.04 Å². The SMILES string of the molecule is CN(C)c1nccc(NC2CCCN(Cc3ccccc3C(F)(F)F)C2)n1. The number of benzene rings is 1. The first kappa shape index (κ1) is 19.4. The number of nitrogens with one attached hydrogen (secondary N) is 1. The minimum Gasteiger partial charge on any atom is -0.366 e. The van der Waals surface area contributed by atoms with Gasteiger partial charge in [-0.25, -0.2) is 4.98 Å². The maximum atomic E-state index is 13.2. The first-order valence-corrected chi connectivity index (χ1v) is 8.97. The molecule has 146 valence electrons. The molecule has 1 atom stereocenters. The molecule has 1 unspecified atom stereocenters. The number of aromatic nitrogens is 2. The summed E-state index contributed by atoms with van der Waals surface area (Å²) in [6.45, 7) is 1.76. The van der Waals surface area contributed by atoms with Gasteiger partial charge in [-0.1, -0.05) is 18.2 Å². The van der Waals surface area contributed by atoms with E-state index in [1.165, 1.54) is 6.07 Å². The lowest BCUT2D eigenvalue weighted by Gasteiger charge is -2.34. The zero-order chi connectivity index (χ0) is 19.4. The van der Waals surface area contributed by atoms with Crippen LogP contribution in [0.25, 0.3) is 0 Å². The molecule has 1 aromatic heterocycles. The molecule has 3 rings (SSSR count). The number of hydrogen-bond donors (Lipinski definition) is 1. The maximum Gasteiger partial charge on any atom is 0.416 e. The first-order valence-electron chi connectivity index (χ1n) is 8.97. The Bertz CT molecular complexity index is 763. The van der Waals surface area contributed by atoms with E-state index in [2.05, 4.69) is 20.2 Å². The van der Waals surface area contributed by atoms with Crippen molar-refractivity contribution < 1.29 is 13.2 Å². The predicted octanol–water partition coefficient (Wildman–Crippen LogP) is 3.64. The van der Waals surface area contributed by atoms with E-state index in [1.54, 1.807) is 18.3 Å². The average molecular weight is 379 g/mol. The molecule has 1 N–H and O–H groups in total. The minimum absolute atomic E-state index is 0.140. The van der Waals surface area contributed by atoms with Crippen molar-refractivity contribution in [3.05, 3.63) is 47.7 Å². The lowest BCUT2D eigenvalue weighted by molar-refractivity contribution is -0.138. The monoisotopic (exact) mass is 379 g/mol. The highest BCUT2D eigenvalue weighted by atomic mass is 19.4. The lowest BCUT2D eigenvalue weighted by Crippen LogP contribution is -2.42. The summed E-state index contributed by atoms with van der Waals surface area (Å²) in [5.41, 5.74) is -0.228. The maximum absolute atomic E-state index is 13.2. The highest BCUT2D eigenvalue weighted by Crippen LogP contribution is 2.32. The summed E-state index contributed by atoms with van der Waals surface area (Å²) < 4.78 is 39.7. The van der Waals surface area contributed by atoms with Crippen LogP contribution in [0.2, 0.25) is 0 Å². The molecule has 0 spiro atoms. The molecule has 1 aliphatic rings. The zero-order valence-electron chi connectivity index (χ0n) is 15.5. The minimum atomic E-state index is -4.33. The van der Waals surface area contributed by atoms with Gasteiger partial charge in [0.15, 0.2) is 0 Å². The van der Waals surface area contributed by atoms with Crippen LogP contribution in [0.4, 0.5) is 24.9 Å². The molecule has 1 aromatic carbocycles. The van der Waals surface area contributed by atoms with Crippen molar-refractivity contribution in [3.8, 4) is 0 Å². The highest BCUT2D eigenvalue weighted by molar-refractivity contribution is 5.41. The third-order valence-electron chi connectivity index (χ3n) is 4.62. The van der Waals surface area contributed by atoms with Crippen LogP contribution in [-0.4, -0.2) is 48.1 Å². The van der Waals surface area contributed by atoms with Crippen LogP contribution < -0.4 is 10.2 Å². The van der Waals surface area contributed by atoms with Gasteiger partial charge >= 0.3 is 6.18 Å². The number of halogens is 3. The standard InChI is InChI=1S/C19H24F3N5/c1-26(2)18-23-10-9-17(25-18)24-15-7-5-11-27(13-15)12-14-6-3-4-8-16(14)19(20,21)22/h3-4,6,8-10,15H,5,7,11-13H2,1-2H3,(H,23,24,25). The highest BCUT2D eigenvalue weighted by Gasteiger charge is 2.33. The van der Waals surface area contributed by atoms with E-state index >= 15 is 0 Å². The molecule has 0 saturated carbocycles. The molecule has 1 saturated heterocycles. The summed E-state index contributed by atoms with van der Waals surface area (Å²) in [7, 11) is 3.75. The van der Waals surface area contributed by atoms with Crippen LogP contribution in [0.3, 0.4) is 0 Å². The number of likely N-dealkylation sites (tertiary alicyclic amines) is 1. The fraction of sp³-hybridized carbons (Fsp3) is 0.474. The summed E-state index contributed by atoms with van der Waals surface area (Å²) in [6.07, 6.45) is -0.741. The zero-order valence-corrected chi connectivity index (χ0v) is 15.5. The van der Waals surface area contributed by atoms with Crippen molar-refractivity contribution in [1.29, 1.82) is 0 Å². The quantitative estimate of drug-likeness (QED) is 0.859. The van der Waals surface area contributed by atoms with Gasteiger partial charge in [-0.05, 0) is 37.1 Å². The van der Waals surface area contributed by atoms with Crippen LogP contribution >= 0.6 is 0 Å². The Morgan fingerprint density at radius 1 is 1.22 bits per heavy atom. The molecule has 1 aliphatic heterocycles. The molecular formula is C19H24F3N5. The molecule has 8 heteroatoms. The number of rotatable bonds is 5. The summed E-state index contributed by atoms with van der Waals surface area (Å²) in [4.78, 5) is 12.5. The van der Waals surface area contributed by atoms with E-state index in [9.17, 15) is 13.2 Å². The van der Waals surface area contributed by atoms with Crippen molar-refractivity contribution in [1.82, 2.24) is 14.9 Å². The van der Waals surface area contributed by atoms with Gasteiger partial charge < -0.3 is 10.2 Å². The Balaban J connectivity index is 1.66. The smallest absolute Gasteiger partial charge is 0.366 e. The molecule has 5 nitrogen and oxygen atoms in total. The van der Waals surface area contributed by atoms with Gasteiger partial charge in [0.1, 0.15) is 5.82 Å². The number of anilines is 2. The van der Waals surface area contributed by atoms with Gasteiger partial charge in [0, 0.05) is 39.4 Å². The number of alkyl halides is 3. The van der Waals surface area contributed by atoms with E-state index in [4.69, 9.17) is 0 Å². The van der Waals surface area contributed by atoms with Crippen LogP contribution in [0, 0.1) is 0 Å². The van der Waals surface area contributed by atoms with Crippen molar-refractivity contribution >= 4 is 11.8 Å². The van der Waals surface area contributed by atoms with Gasteiger partial charge in [0.05, 0.1) is 5.56 Å². The topological polar surface area (TPSA) is 44.3 Å². The summed E-state index contributed by atoms with van der Waals surface area (Å²) >= 11 is 0. The molecular weight excluding hydrogens is 355 g/mol. The fourth-order valence-electron chi connectivity index (χ4n) is 3.35. The molecule has 0 radical (unpaired) electrons. The molecule has 27 heavy (non-hydrogen) atoms. The van der Waals surface area contributed by atoms with E-state index in [0.717, 1.165) is 31.3 Å². The van der Waals surface area contributed by atoms with Crippen LogP contribution in [-0.2, 0) is 12.7 Å². The van der Waals surface area contributed by atoms with E-state index < -0.39 is 11.7 Å². The summed E-state index contributed by atoms with van der Waals surface area (Å²) in [6, 6.07) is 7.76. The van der Waals surface area contributed by atoms with Gasteiger partial charge in [-0.2, -0.15) is 18.2 Å². The summed E-state index contributed by atoms with van der Waals surface area (Å²) in [5, 5.41) is 3.40. The Morgan fingerprint density at radius 3 is 2.74 bits per heavy atom. The molecule has 1 fully saturated rings. The third-order valence-corrected chi connectivity index (χ3v) is 4.62. The molecule has 2 heterocycles. The van der Waals surface area contributed by atoms with E-state index in [1.807, 2.05) is 25.1 Å². The van der Waals surface area contributed by atoms with Gasteiger partial charge in [0.25, 0.3) is 0 Å².